The SMILES string of the molecule is CC1=CC(=O)C(C(C)C)=CC1=Nc1cc2c(cc1Cl)NCNS2(=O)=O. The Bertz CT molecular complexity index is 960. The molecule has 6 nitrogen and oxygen atoms in total. The van der Waals surface area contributed by atoms with Crippen LogP contribution in [0.15, 0.2) is 45.3 Å². The number of nitrogens with zero attached hydrogens (tertiary/aromatic N) is 1. The summed E-state index contributed by atoms with van der Waals surface area (Å²) in [6.07, 6.45) is 3.28. The lowest BCUT2D eigenvalue weighted by Gasteiger charge is -2.20. The highest BCUT2D eigenvalue weighted by Gasteiger charge is 2.25. The number of carbonyl (C=O) groups is 1. The second kappa shape index (κ2) is 6.40. The number of aliphatic imine (C=N–C) groups is 1. The molecule has 132 valence electrons. The van der Waals surface area contributed by atoms with Crippen molar-refractivity contribution < 1.29 is 13.2 Å². The van der Waals surface area contributed by atoms with Crippen LogP contribution in [0.5, 0.6) is 0 Å². The summed E-state index contributed by atoms with van der Waals surface area (Å²) in [5.41, 5.74) is 2.75. The molecule has 2 N–H and O–H groups in total. The van der Waals surface area contributed by atoms with Crippen LogP contribution >= 0.6 is 11.6 Å². The number of nitrogens with one attached hydrogen (secondary N) is 2. The minimum atomic E-state index is -3.59. The standard InChI is InChI=1S/C17H18ClN3O3S/c1-9(2)11-5-13(10(3)4-16(11)22)21-14-7-17-15(6-12(14)18)19-8-20-25(17,23)24/h4-7,9,19-20H,8H2,1-3H3. The molecule has 0 saturated heterocycles. The number of hydrogen-bond donors (Lipinski definition) is 2. The van der Waals surface area contributed by atoms with Crippen LogP contribution in [-0.4, -0.2) is 26.6 Å². The first kappa shape index (κ1) is 17.8. The highest BCUT2D eigenvalue weighted by atomic mass is 35.5. The second-order valence-corrected chi connectivity index (χ2v) is 8.39. The molecule has 0 fully saturated rings. The van der Waals surface area contributed by atoms with Crippen molar-refractivity contribution in [3.63, 3.8) is 0 Å². The Labute approximate surface area is 151 Å². The Hall–Kier alpha value is -1.96. The van der Waals surface area contributed by atoms with Crippen molar-refractivity contribution in [2.45, 2.75) is 25.7 Å². The lowest BCUT2D eigenvalue weighted by atomic mass is 9.90. The third kappa shape index (κ3) is 3.40. The first-order valence-electron chi connectivity index (χ1n) is 7.79. The highest BCUT2D eigenvalue weighted by molar-refractivity contribution is 7.89. The number of anilines is 1. The fraction of sp³-hybridized carbons (Fsp3) is 0.294. The molecule has 0 amide bonds. The number of carbonyl (C=O) groups excluding carboxylic acids is 1. The minimum absolute atomic E-state index is 0.0287. The van der Waals surface area contributed by atoms with Crippen LogP contribution in [0.1, 0.15) is 20.8 Å². The van der Waals surface area contributed by atoms with E-state index in [0.29, 0.717) is 33.3 Å². The summed E-state index contributed by atoms with van der Waals surface area (Å²) in [6.45, 7) is 5.78. The number of sulfonamides is 1. The van der Waals surface area contributed by atoms with Gasteiger partial charge in [0.05, 0.1) is 28.8 Å². The number of fused-ring (bicyclic) bond motifs is 1. The third-order valence-electron chi connectivity index (χ3n) is 4.07. The molecule has 1 aromatic rings. The van der Waals surface area contributed by atoms with Gasteiger partial charge in [0.2, 0.25) is 10.0 Å². The number of benzene rings is 1. The molecule has 0 spiro atoms. The molecular weight excluding hydrogens is 362 g/mol. The van der Waals surface area contributed by atoms with Crippen molar-refractivity contribution in [3.05, 3.63) is 40.5 Å². The third-order valence-corrected chi connectivity index (χ3v) is 5.81. The van der Waals surface area contributed by atoms with E-state index < -0.39 is 10.0 Å². The number of rotatable bonds is 2. The van der Waals surface area contributed by atoms with Crippen molar-refractivity contribution in [3.8, 4) is 0 Å². The van der Waals surface area contributed by atoms with E-state index in [1.807, 2.05) is 13.8 Å². The first-order valence-corrected chi connectivity index (χ1v) is 9.65. The van der Waals surface area contributed by atoms with E-state index in [2.05, 4.69) is 15.0 Å². The van der Waals surface area contributed by atoms with Gasteiger partial charge in [-0.2, -0.15) is 4.72 Å². The van der Waals surface area contributed by atoms with Crippen LogP contribution in [0, 0.1) is 5.92 Å². The van der Waals surface area contributed by atoms with Gasteiger partial charge < -0.3 is 5.32 Å². The van der Waals surface area contributed by atoms with Crippen LogP contribution in [-0.2, 0) is 14.8 Å². The Morgan fingerprint density at radius 2 is 1.96 bits per heavy atom. The van der Waals surface area contributed by atoms with E-state index in [1.54, 1.807) is 25.1 Å². The fourth-order valence-corrected chi connectivity index (χ4v) is 3.99. The second-order valence-electron chi connectivity index (χ2n) is 6.24. The van der Waals surface area contributed by atoms with E-state index in [1.165, 1.54) is 6.07 Å². The zero-order chi connectivity index (χ0) is 18.4. The number of ketones is 1. The van der Waals surface area contributed by atoms with E-state index >= 15 is 0 Å². The summed E-state index contributed by atoms with van der Waals surface area (Å²) < 4.78 is 26.7. The Kier molecular flexibility index (Phi) is 4.57. The van der Waals surface area contributed by atoms with E-state index in [-0.39, 0.29) is 23.3 Å². The van der Waals surface area contributed by atoms with Crippen LogP contribution in [0.2, 0.25) is 5.02 Å². The van der Waals surface area contributed by atoms with Gasteiger partial charge in [0.1, 0.15) is 4.90 Å². The molecule has 0 radical (unpaired) electrons. The van der Waals surface area contributed by atoms with E-state index in [4.69, 9.17) is 11.6 Å². The van der Waals surface area contributed by atoms with Crippen molar-refractivity contribution in [2.75, 3.05) is 12.0 Å². The highest BCUT2D eigenvalue weighted by Crippen LogP contribution is 2.36. The summed E-state index contributed by atoms with van der Waals surface area (Å²) >= 11 is 6.28. The molecular formula is C17H18ClN3O3S. The smallest absolute Gasteiger partial charge is 0.244 e. The predicted octanol–water partition coefficient (Wildman–Crippen LogP) is 3.19. The average molecular weight is 380 g/mol. The molecule has 0 saturated carbocycles. The van der Waals surface area contributed by atoms with Crippen LogP contribution in [0.4, 0.5) is 11.4 Å². The molecule has 8 heteroatoms. The predicted molar refractivity (Wildman–Crippen MR) is 99.0 cm³/mol. The molecule has 1 aliphatic heterocycles. The molecule has 2 aliphatic rings. The fourth-order valence-electron chi connectivity index (χ4n) is 2.68. The average Bonchev–Trinajstić information content (AvgIpc) is 2.50. The topological polar surface area (TPSA) is 87.6 Å². The lowest BCUT2D eigenvalue weighted by Crippen LogP contribution is -2.34. The van der Waals surface area contributed by atoms with Crippen molar-refractivity contribution >= 4 is 44.5 Å². The summed E-state index contributed by atoms with van der Waals surface area (Å²) in [5, 5.41) is 3.27. The molecule has 0 aromatic heterocycles. The summed E-state index contributed by atoms with van der Waals surface area (Å²) in [5.74, 6) is 0.0359. The largest absolute Gasteiger partial charge is 0.370 e. The zero-order valence-electron chi connectivity index (χ0n) is 14.1. The van der Waals surface area contributed by atoms with Crippen LogP contribution in [0.3, 0.4) is 0 Å². The van der Waals surface area contributed by atoms with Gasteiger partial charge in [-0.05, 0) is 42.7 Å². The molecule has 1 aliphatic carbocycles. The molecule has 1 aromatic carbocycles. The van der Waals surface area contributed by atoms with Gasteiger partial charge in [0, 0.05) is 5.57 Å². The van der Waals surface area contributed by atoms with Crippen molar-refractivity contribution in [1.82, 2.24) is 4.72 Å². The maximum Gasteiger partial charge on any atom is 0.244 e. The molecule has 0 unspecified atom stereocenters. The maximum absolute atomic E-state index is 12.2. The minimum Gasteiger partial charge on any atom is -0.370 e. The van der Waals surface area contributed by atoms with Gasteiger partial charge in [-0.3, -0.25) is 4.79 Å². The summed E-state index contributed by atoms with van der Waals surface area (Å²) in [6, 6.07) is 2.99. The quantitative estimate of drug-likeness (QED) is 0.772. The molecule has 3 rings (SSSR count). The Morgan fingerprint density at radius 3 is 2.64 bits per heavy atom. The van der Waals surface area contributed by atoms with E-state index in [9.17, 15) is 13.2 Å². The monoisotopic (exact) mass is 379 g/mol. The first-order chi connectivity index (χ1) is 11.7. The molecule has 0 atom stereocenters. The van der Waals surface area contributed by atoms with Gasteiger partial charge in [0.15, 0.2) is 5.78 Å². The van der Waals surface area contributed by atoms with Crippen molar-refractivity contribution in [2.24, 2.45) is 10.9 Å². The number of halogens is 1. The Balaban J connectivity index is 2.13. The molecule has 25 heavy (non-hydrogen) atoms. The van der Waals surface area contributed by atoms with Gasteiger partial charge in [-0.1, -0.05) is 25.4 Å². The van der Waals surface area contributed by atoms with E-state index in [0.717, 1.165) is 0 Å². The van der Waals surface area contributed by atoms with Crippen LogP contribution < -0.4 is 10.0 Å². The maximum atomic E-state index is 12.2. The number of hydrogen-bond acceptors (Lipinski definition) is 5. The van der Waals surface area contributed by atoms with Crippen LogP contribution in [0.25, 0.3) is 0 Å². The summed E-state index contributed by atoms with van der Waals surface area (Å²) in [4.78, 5) is 16.7. The normalized spacial score (nSPS) is 20.8. The molecule has 1 heterocycles. The Morgan fingerprint density at radius 1 is 1.24 bits per heavy atom. The zero-order valence-corrected chi connectivity index (χ0v) is 15.6. The van der Waals surface area contributed by atoms with Gasteiger partial charge in [-0.25, -0.2) is 13.4 Å². The molecule has 0 bridgehead atoms. The summed E-state index contributed by atoms with van der Waals surface area (Å²) in [7, 11) is -3.59. The lowest BCUT2D eigenvalue weighted by molar-refractivity contribution is -0.111. The van der Waals surface area contributed by atoms with Gasteiger partial charge >= 0.3 is 0 Å². The van der Waals surface area contributed by atoms with Crippen molar-refractivity contribution in [1.29, 1.82) is 0 Å². The number of allylic oxidation sites excluding steroid dienone is 4. The van der Waals surface area contributed by atoms with Gasteiger partial charge in [-0.15, -0.1) is 0 Å². The van der Waals surface area contributed by atoms with Gasteiger partial charge in [0.25, 0.3) is 0 Å².